The van der Waals surface area contributed by atoms with Crippen LogP contribution in [0.4, 0.5) is 0 Å². The van der Waals surface area contributed by atoms with Crippen molar-refractivity contribution in [2.75, 3.05) is 0 Å². The van der Waals surface area contributed by atoms with E-state index < -0.39 is 8.07 Å². The molecule has 0 fully saturated rings. The minimum absolute atomic E-state index is 0.229. The minimum Gasteiger partial charge on any atom is -0.295 e. The molecular formula is C9H18OSi. The summed E-state index contributed by atoms with van der Waals surface area (Å²) in [6.45, 7) is 12.4. The number of hydrogen-bond acceptors (Lipinski definition) is 1. The predicted molar refractivity (Wildman–Crippen MR) is 52.6 cm³/mol. The Labute approximate surface area is 70.5 Å². The monoisotopic (exact) mass is 170 g/mol. The summed E-state index contributed by atoms with van der Waals surface area (Å²) in [5.74, 6) is 0.229. The summed E-state index contributed by atoms with van der Waals surface area (Å²) < 4.78 is 0. The molecule has 2 heteroatoms. The van der Waals surface area contributed by atoms with Crippen LogP contribution in [0.5, 0.6) is 0 Å². The molecular weight excluding hydrogens is 152 g/mol. The van der Waals surface area contributed by atoms with Crippen molar-refractivity contribution in [1.29, 1.82) is 0 Å². The van der Waals surface area contributed by atoms with Crippen molar-refractivity contribution in [1.82, 2.24) is 0 Å². The molecule has 0 saturated heterocycles. The highest BCUT2D eigenvalue weighted by Crippen LogP contribution is 2.15. The van der Waals surface area contributed by atoms with Gasteiger partial charge in [-0.1, -0.05) is 33.1 Å². The lowest BCUT2D eigenvalue weighted by Gasteiger charge is -2.16. The summed E-state index contributed by atoms with van der Waals surface area (Å²) >= 11 is 0. The molecule has 0 aliphatic heterocycles. The second kappa shape index (κ2) is 3.86. The lowest BCUT2D eigenvalue weighted by atomic mass is 10.2. The van der Waals surface area contributed by atoms with E-state index in [1.54, 1.807) is 0 Å². The normalized spacial score (nSPS) is 11.3. The zero-order valence-electron chi connectivity index (χ0n) is 8.03. The van der Waals surface area contributed by atoms with Crippen molar-refractivity contribution in [3.05, 3.63) is 12.2 Å². The van der Waals surface area contributed by atoms with Gasteiger partial charge < -0.3 is 0 Å². The van der Waals surface area contributed by atoms with Crippen LogP contribution in [-0.4, -0.2) is 13.9 Å². The number of allylic oxidation sites excluding steroid dienone is 1. The van der Waals surface area contributed by atoms with Crippen LogP contribution in [0, 0.1) is 0 Å². The Balaban J connectivity index is 3.99. The molecule has 0 saturated carbocycles. The molecule has 0 aliphatic rings. The van der Waals surface area contributed by atoms with Gasteiger partial charge in [0.05, 0.1) is 0 Å². The topological polar surface area (TPSA) is 17.1 Å². The molecule has 11 heavy (non-hydrogen) atoms. The van der Waals surface area contributed by atoms with Crippen LogP contribution in [0.3, 0.4) is 0 Å². The Hall–Kier alpha value is -0.373. The smallest absolute Gasteiger partial charge is 0.157 e. The van der Waals surface area contributed by atoms with Gasteiger partial charge in [-0.05, 0) is 11.6 Å². The fraction of sp³-hybridized carbons (Fsp3) is 0.667. The van der Waals surface area contributed by atoms with Crippen molar-refractivity contribution in [3.63, 3.8) is 0 Å². The van der Waals surface area contributed by atoms with Crippen LogP contribution in [0.1, 0.15) is 13.3 Å². The molecule has 0 rings (SSSR count). The maximum atomic E-state index is 11.1. The molecule has 1 nitrogen and oxygen atoms in total. The number of carbonyl (C=O) groups is 1. The summed E-state index contributed by atoms with van der Waals surface area (Å²) in [6, 6.07) is 0.944. The first-order valence-electron chi connectivity index (χ1n) is 4.08. The van der Waals surface area contributed by atoms with Crippen molar-refractivity contribution in [3.8, 4) is 0 Å². The second-order valence-corrected chi connectivity index (χ2v) is 9.59. The van der Waals surface area contributed by atoms with Gasteiger partial charge in [-0.25, -0.2) is 0 Å². The second-order valence-electron chi connectivity index (χ2n) is 4.12. The van der Waals surface area contributed by atoms with Crippen LogP contribution < -0.4 is 0 Å². The van der Waals surface area contributed by atoms with Crippen molar-refractivity contribution in [2.45, 2.75) is 39.0 Å². The van der Waals surface area contributed by atoms with E-state index in [9.17, 15) is 4.79 Å². The van der Waals surface area contributed by atoms with Crippen molar-refractivity contribution < 1.29 is 4.79 Å². The molecule has 0 radical (unpaired) electrons. The number of ketones is 1. The van der Waals surface area contributed by atoms with Gasteiger partial charge in [-0.2, -0.15) is 0 Å². The van der Waals surface area contributed by atoms with E-state index in [0.29, 0.717) is 6.42 Å². The first-order valence-corrected chi connectivity index (χ1v) is 7.78. The first kappa shape index (κ1) is 10.6. The van der Waals surface area contributed by atoms with E-state index in [2.05, 4.69) is 26.2 Å². The van der Waals surface area contributed by atoms with Gasteiger partial charge in [0, 0.05) is 14.5 Å². The molecule has 0 aliphatic carbocycles. The molecule has 0 atom stereocenters. The largest absolute Gasteiger partial charge is 0.295 e. The third-order valence-corrected chi connectivity index (χ3v) is 2.95. The highest BCUT2D eigenvalue weighted by molar-refractivity contribution is 6.77. The van der Waals surface area contributed by atoms with Gasteiger partial charge >= 0.3 is 0 Å². The van der Waals surface area contributed by atoms with Crippen molar-refractivity contribution >= 4 is 13.9 Å². The summed E-state index contributed by atoms with van der Waals surface area (Å²) in [5.41, 5.74) is 0.826. The lowest BCUT2D eigenvalue weighted by Crippen LogP contribution is -2.21. The maximum Gasteiger partial charge on any atom is 0.157 e. The van der Waals surface area contributed by atoms with Gasteiger partial charge in [0.1, 0.15) is 0 Å². The van der Waals surface area contributed by atoms with Gasteiger partial charge in [-0.15, -0.1) is 0 Å². The third-order valence-electron chi connectivity index (χ3n) is 1.46. The Morgan fingerprint density at radius 1 is 1.36 bits per heavy atom. The van der Waals surface area contributed by atoms with Crippen LogP contribution in [-0.2, 0) is 4.79 Å². The van der Waals surface area contributed by atoms with E-state index in [4.69, 9.17) is 0 Å². The van der Waals surface area contributed by atoms with Crippen molar-refractivity contribution in [2.24, 2.45) is 0 Å². The van der Waals surface area contributed by atoms with Gasteiger partial charge in [0.2, 0.25) is 0 Å². The van der Waals surface area contributed by atoms with Crippen LogP contribution >= 0.6 is 0 Å². The summed E-state index contributed by atoms with van der Waals surface area (Å²) in [6.07, 6.45) is 0.601. The Kier molecular flexibility index (Phi) is 3.73. The first-order chi connectivity index (χ1) is 4.87. The molecule has 0 spiro atoms. The number of hydrogen-bond donors (Lipinski definition) is 0. The Morgan fingerprint density at radius 2 is 1.82 bits per heavy atom. The fourth-order valence-electron chi connectivity index (χ4n) is 0.989. The SMILES string of the molecule is C=C(C[Si](C)(C)C)C(=O)CC. The quantitative estimate of drug-likeness (QED) is 0.468. The zero-order valence-corrected chi connectivity index (χ0v) is 9.03. The van der Waals surface area contributed by atoms with Gasteiger partial charge in [0.25, 0.3) is 0 Å². The van der Waals surface area contributed by atoms with E-state index >= 15 is 0 Å². The Bertz CT molecular complexity index is 165. The van der Waals surface area contributed by atoms with E-state index in [0.717, 1.165) is 11.6 Å². The third kappa shape index (κ3) is 4.96. The zero-order chi connectivity index (χ0) is 9.07. The predicted octanol–water partition coefficient (Wildman–Crippen LogP) is 2.86. The lowest BCUT2D eigenvalue weighted by molar-refractivity contribution is -0.115. The minimum atomic E-state index is -1.12. The number of carbonyl (C=O) groups excluding carboxylic acids is 1. The number of rotatable bonds is 4. The van der Waals surface area contributed by atoms with Crippen LogP contribution in [0.25, 0.3) is 0 Å². The molecule has 64 valence electrons. The van der Waals surface area contributed by atoms with Crippen LogP contribution in [0.2, 0.25) is 25.7 Å². The molecule has 0 heterocycles. The van der Waals surface area contributed by atoms with E-state index in [1.807, 2.05) is 6.92 Å². The highest BCUT2D eigenvalue weighted by Gasteiger charge is 2.17. The van der Waals surface area contributed by atoms with Crippen LogP contribution in [0.15, 0.2) is 12.2 Å². The molecule has 0 bridgehead atoms. The molecule has 0 aromatic carbocycles. The summed E-state index contributed by atoms with van der Waals surface area (Å²) in [7, 11) is -1.12. The summed E-state index contributed by atoms with van der Waals surface area (Å²) in [4.78, 5) is 11.1. The van der Waals surface area contributed by atoms with Gasteiger partial charge in [-0.3, -0.25) is 4.79 Å². The van der Waals surface area contributed by atoms with Gasteiger partial charge in [0.15, 0.2) is 5.78 Å². The Morgan fingerprint density at radius 3 is 2.09 bits per heavy atom. The molecule has 0 aromatic heterocycles. The average molecular weight is 170 g/mol. The standard InChI is InChI=1S/C9H18OSi/c1-6-9(10)8(2)7-11(3,4)5/h2,6-7H2,1,3-5H3. The summed E-state index contributed by atoms with van der Waals surface area (Å²) in [5, 5.41) is 0. The maximum absolute atomic E-state index is 11.1. The van der Waals surface area contributed by atoms with E-state index in [1.165, 1.54) is 0 Å². The molecule has 0 unspecified atom stereocenters. The number of Topliss-reactive ketones (excluding diaryl/α,β-unsaturated/α-hetero) is 1. The fourth-order valence-corrected chi connectivity index (χ4v) is 2.47. The molecule has 0 amide bonds. The average Bonchev–Trinajstić information content (AvgIpc) is 1.82. The highest BCUT2D eigenvalue weighted by atomic mass is 28.3. The molecule has 0 N–H and O–H groups in total. The molecule has 0 aromatic rings. The van der Waals surface area contributed by atoms with E-state index in [-0.39, 0.29) is 5.78 Å².